The van der Waals surface area contributed by atoms with Gasteiger partial charge in [0, 0.05) is 12.8 Å². The molecule has 1 aromatic carbocycles. The SMILES string of the molecule is NC(c1ccc(Cl)c(Cl)c1)C(O)c1ccc(OC2CCOCC2)cn1. The molecule has 3 rings (SSSR count). The minimum absolute atomic E-state index is 0.143. The van der Waals surface area contributed by atoms with E-state index in [1.54, 1.807) is 36.5 Å². The quantitative estimate of drug-likeness (QED) is 0.824. The summed E-state index contributed by atoms with van der Waals surface area (Å²) in [4.78, 5) is 4.29. The summed E-state index contributed by atoms with van der Waals surface area (Å²) >= 11 is 11.9. The Hall–Kier alpha value is -1.37. The van der Waals surface area contributed by atoms with Crippen molar-refractivity contribution in [3.05, 3.63) is 57.8 Å². The van der Waals surface area contributed by atoms with Crippen molar-refractivity contribution in [3.8, 4) is 5.75 Å². The fourth-order valence-electron chi connectivity index (χ4n) is 2.71. The maximum Gasteiger partial charge on any atom is 0.138 e. The number of hydrogen-bond acceptors (Lipinski definition) is 5. The normalized spacial score (nSPS) is 17.9. The molecule has 2 heterocycles. The molecule has 134 valence electrons. The zero-order chi connectivity index (χ0) is 17.8. The smallest absolute Gasteiger partial charge is 0.138 e. The number of aromatic nitrogens is 1. The Morgan fingerprint density at radius 1 is 1.16 bits per heavy atom. The van der Waals surface area contributed by atoms with Crippen molar-refractivity contribution in [2.45, 2.75) is 31.1 Å². The number of aliphatic hydroxyl groups is 1. The van der Waals surface area contributed by atoms with E-state index in [0.29, 0.717) is 40.3 Å². The summed E-state index contributed by atoms with van der Waals surface area (Å²) in [6.45, 7) is 1.43. The van der Waals surface area contributed by atoms with Gasteiger partial charge in [-0.3, -0.25) is 4.98 Å². The Morgan fingerprint density at radius 3 is 2.56 bits per heavy atom. The van der Waals surface area contributed by atoms with Gasteiger partial charge in [-0.2, -0.15) is 0 Å². The van der Waals surface area contributed by atoms with Crippen LogP contribution >= 0.6 is 23.2 Å². The molecule has 1 aromatic heterocycles. The highest BCUT2D eigenvalue weighted by atomic mass is 35.5. The Balaban J connectivity index is 1.66. The number of benzene rings is 1. The zero-order valence-electron chi connectivity index (χ0n) is 13.6. The van der Waals surface area contributed by atoms with Crippen LogP contribution in [-0.2, 0) is 4.74 Å². The van der Waals surface area contributed by atoms with E-state index in [0.717, 1.165) is 12.8 Å². The van der Waals surface area contributed by atoms with Crippen molar-refractivity contribution >= 4 is 23.2 Å². The molecule has 0 spiro atoms. The van der Waals surface area contributed by atoms with E-state index >= 15 is 0 Å². The molecule has 2 aromatic rings. The number of nitrogens with two attached hydrogens (primary N) is 1. The second-order valence-electron chi connectivity index (χ2n) is 5.99. The van der Waals surface area contributed by atoms with Crippen LogP contribution in [0.4, 0.5) is 0 Å². The van der Waals surface area contributed by atoms with Crippen LogP contribution in [0, 0.1) is 0 Å². The van der Waals surface area contributed by atoms with E-state index in [-0.39, 0.29) is 6.10 Å². The molecule has 2 atom stereocenters. The third-order valence-corrected chi connectivity index (χ3v) is 4.94. The number of rotatable bonds is 5. The first-order valence-electron chi connectivity index (χ1n) is 8.13. The Morgan fingerprint density at radius 2 is 1.92 bits per heavy atom. The van der Waals surface area contributed by atoms with Crippen molar-refractivity contribution in [1.29, 1.82) is 0 Å². The summed E-state index contributed by atoms with van der Waals surface area (Å²) in [6.07, 6.45) is 2.52. The third kappa shape index (κ3) is 4.63. The zero-order valence-corrected chi connectivity index (χ0v) is 15.1. The predicted octanol–water partition coefficient (Wildman–Crippen LogP) is 3.68. The minimum Gasteiger partial charge on any atom is -0.489 e. The lowest BCUT2D eigenvalue weighted by Gasteiger charge is -2.23. The molecule has 0 amide bonds. The summed E-state index contributed by atoms with van der Waals surface area (Å²) in [5.74, 6) is 0.672. The Labute approximate surface area is 156 Å². The van der Waals surface area contributed by atoms with Gasteiger partial charge in [-0.05, 0) is 29.8 Å². The number of pyridine rings is 1. The van der Waals surface area contributed by atoms with Crippen molar-refractivity contribution in [2.24, 2.45) is 5.73 Å². The second kappa shape index (κ2) is 8.34. The van der Waals surface area contributed by atoms with Crippen LogP contribution in [-0.4, -0.2) is 29.4 Å². The Bertz CT molecular complexity index is 706. The van der Waals surface area contributed by atoms with Crippen LogP contribution in [0.2, 0.25) is 10.0 Å². The van der Waals surface area contributed by atoms with Crippen LogP contribution < -0.4 is 10.5 Å². The van der Waals surface area contributed by atoms with E-state index in [2.05, 4.69) is 4.98 Å². The predicted molar refractivity (Wildman–Crippen MR) is 97.1 cm³/mol. The summed E-state index contributed by atoms with van der Waals surface area (Å²) in [5.41, 5.74) is 7.30. The van der Waals surface area contributed by atoms with Crippen molar-refractivity contribution in [2.75, 3.05) is 13.2 Å². The van der Waals surface area contributed by atoms with Gasteiger partial charge < -0.3 is 20.3 Å². The van der Waals surface area contributed by atoms with E-state index in [1.807, 2.05) is 0 Å². The van der Waals surface area contributed by atoms with Crippen molar-refractivity contribution in [3.63, 3.8) is 0 Å². The van der Waals surface area contributed by atoms with Gasteiger partial charge in [0.25, 0.3) is 0 Å². The summed E-state index contributed by atoms with van der Waals surface area (Å²) in [5, 5.41) is 11.3. The number of hydrogen-bond donors (Lipinski definition) is 2. The summed E-state index contributed by atoms with van der Waals surface area (Å²) in [6, 6.07) is 7.90. The maximum absolute atomic E-state index is 10.5. The van der Waals surface area contributed by atoms with Gasteiger partial charge in [-0.15, -0.1) is 0 Å². The molecule has 1 saturated heterocycles. The molecule has 7 heteroatoms. The van der Waals surface area contributed by atoms with Crippen molar-refractivity contribution < 1.29 is 14.6 Å². The van der Waals surface area contributed by atoms with Gasteiger partial charge in [-0.1, -0.05) is 29.3 Å². The molecule has 5 nitrogen and oxygen atoms in total. The Kier molecular flexibility index (Phi) is 6.15. The first-order valence-corrected chi connectivity index (χ1v) is 8.89. The van der Waals surface area contributed by atoms with Gasteiger partial charge in [-0.25, -0.2) is 0 Å². The molecule has 0 saturated carbocycles. The van der Waals surface area contributed by atoms with Gasteiger partial charge in [0.15, 0.2) is 0 Å². The second-order valence-corrected chi connectivity index (χ2v) is 6.81. The largest absolute Gasteiger partial charge is 0.489 e. The highest BCUT2D eigenvalue weighted by Crippen LogP contribution is 2.31. The van der Waals surface area contributed by atoms with Gasteiger partial charge >= 0.3 is 0 Å². The van der Waals surface area contributed by atoms with E-state index < -0.39 is 12.1 Å². The number of aliphatic hydroxyl groups excluding tert-OH is 1. The van der Waals surface area contributed by atoms with E-state index in [1.165, 1.54) is 0 Å². The van der Waals surface area contributed by atoms with Gasteiger partial charge in [0.2, 0.25) is 0 Å². The minimum atomic E-state index is -0.964. The first-order chi connectivity index (χ1) is 12.0. The summed E-state index contributed by atoms with van der Waals surface area (Å²) in [7, 11) is 0. The lowest BCUT2D eigenvalue weighted by molar-refractivity contribution is 0.0253. The average Bonchev–Trinajstić information content (AvgIpc) is 2.64. The fraction of sp³-hybridized carbons (Fsp3) is 0.389. The van der Waals surface area contributed by atoms with Crippen LogP contribution in [0.15, 0.2) is 36.5 Å². The monoisotopic (exact) mass is 382 g/mol. The molecular weight excluding hydrogens is 363 g/mol. The molecule has 0 radical (unpaired) electrons. The molecule has 0 bridgehead atoms. The molecular formula is C18H20Cl2N2O3. The van der Waals surface area contributed by atoms with Crippen LogP contribution in [0.3, 0.4) is 0 Å². The molecule has 2 unspecified atom stereocenters. The average molecular weight is 383 g/mol. The lowest BCUT2D eigenvalue weighted by atomic mass is 10.00. The van der Waals surface area contributed by atoms with Gasteiger partial charge in [0.1, 0.15) is 18.0 Å². The molecule has 0 aliphatic carbocycles. The van der Waals surface area contributed by atoms with Gasteiger partial charge in [0.05, 0.1) is 41.2 Å². The molecule has 1 aliphatic rings. The maximum atomic E-state index is 10.5. The van der Waals surface area contributed by atoms with Crippen molar-refractivity contribution in [1.82, 2.24) is 4.98 Å². The van der Waals surface area contributed by atoms with E-state index in [9.17, 15) is 5.11 Å². The topological polar surface area (TPSA) is 77.6 Å². The first kappa shape index (κ1) is 18.4. The van der Waals surface area contributed by atoms with Crippen LogP contribution in [0.5, 0.6) is 5.75 Å². The number of ether oxygens (including phenoxy) is 2. The molecule has 1 fully saturated rings. The fourth-order valence-corrected chi connectivity index (χ4v) is 3.02. The number of nitrogens with zero attached hydrogens (tertiary/aromatic N) is 1. The molecule has 1 aliphatic heterocycles. The third-order valence-electron chi connectivity index (χ3n) is 4.20. The summed E-state index contributed by atoms with van der Waals surface area (Å²) < 4.78 is 11.2. The molecule has 3 N–H and O–H groups in total. The molecule has 25 heavy (non-hydrogen) atoms. The van der Waals surface area contributed by atoms with Crippen LogP contribution in [0.25, 0.3) is 0 Å². The van der Waals surface area contributed by atoms with Crippen LogP contribution in [0.1, 0.15) is 36.2 Å². The highest BCUT2D eigenvalue weighted by Gasteiger charge is 2.21. The standard InChI is InChI=1S/C18H20Cl2N2O3/c19-14-3-1-11(9-15(14)20)17(21)18(23)16-4-2-13(10-22-16)25-12-5-7-24-8-6-12/h1-4,9-10,12,17-18,23H,5-8,21H2. The van der Waals surface area contributed by atoms with E-state index in [4.69, 9.17) is 38.4 Å². The highest BCUT2D eigenvalue weighted by molar-refractivity contribution is 6.42. The number of halogens is 2. The lowest BCUT2D eigenvalue weighted by Crippen LogP contribution is -2.26.